The van der Waals surface area contributed by atoms with Crippen molar-refractivity contribution in [3.05, 3.63) is 35.4 Å². The van der Waals surface area contributed by atoms with Crippen molar-refractivity contribution in [1.29, 1.82) is 0 Å². The zero-order valence-corrected chi connectivity index (χ0v) is 18.6. The second-order valence-electron chi connectivity index (χ2n) is 8.89. The number of fused-ring (bicyclic) bond motifs is 2. The Morgan fingerprint density at radius 2 is 1.40 bits per heavy atom. The van der Waals surface area contributed by atoms with E-state index >= 15 is 0 Å². The predicted octanol–water partition coefficient (Wildman–Crippen LogP) is 4.95. The van der Waals surface area contributed by atoms with Crippen molar-refractivity contribution in [3.63, 3.8) is 0 Å². The van der Waals surface area contributed by atoms with E-state index in [4.69, 9.17) is 15.0 Å². The highest BCUT2D eigenvalue weighted by molar-refractivity contribution is 5.77. The summed E-state index contributed by atoms with van der Waals surface area (Å²) in [5, 5.41) is 15.4. The monoisotopic (exact) mass is 406 g/mol. The lowest BCUT2D eigenvalue weighted by Crippen LogP contribution is -2.09. The summed E-state index contributed by atoms with van der Waals surface area (Å²) in [6, 6.07) is 0. The van der Waals surface area contributed by atoms with Crippen molar-refractivity contribution in [2.75, 3.05) is 0 Å². The molecule has 4 aromatic rings. The molecule has 0 spiro atoms. The van der Waals surface area contributed by atoms with Crippen LogP contribution >= 0.6 is 0 Å². The van der Waals surface area contributed by atoms with Gasteiger partial charge in [-0.25, -0.2) is 19.9 Å². The molecule has 2 atom stereocenters. The van der Waals surface area contributed by atoms with Crippen molar-refractivity contribution in [1.82, 2.24) is 40.3 Å². The number of aromatic amines is 2. The molecule has 0 saturated carbocycles. The van der Waals surface area contributed by atoms with Crippen LogP contribution in [0.15, 0.2) is 12.4 Å². The summed E-state index contributed by atoms with van der Waals surface area (Å²) in [7, 11) is 0. The first-order chi connectivity index (χ1) is 14.3. The molecule has 158 valence electrons. The number of hydrogen-bond acceptors (Lipinski definition) is 6. The van der Waals surface area contributed by atoms with Gasteiger partial charge in [-0.15, -0.1) is 0 Å². The maximum Gasteiger partial charge on any atom is 0.159 e. The number of nitrogens with zero attached hydrogens (tertiary/aromatic N) is 6. The first kappa shape index (κ1) is 20.4. The highest BCUT2D eigenvalue weighted by atomic mass is 15.1. The number of H-pyrrole nitrogens is 2. The van der Waals surface area contributed by atoms with Crippen molar-refractivity contribution in [2.24, 2.45) is 0 Å². The quantitative estimate of drug-likeness (QED) is 0.449. The zero-order chi connectivity index (χ0) is 21.4. The van der Waals surface area contributed by atoms with Crippen LogP contribution < -0.4 is 0 Å². The van der Waals surface area contributed by atoms with Crippen LogP contribution in [0.2, 0.25) is 0 Å². The fourth-order valence-corrected chi connectivity index (χ4v) is 3.80. The Morgan fingerprint density at radius 1 is 0.700 bits per heavy atom. The molecule has 30 heavy (non-hydrogen) atoms. The second kappa shape index (κ2) is 8.08. The third-order valence-electron chi connectivity index (χ3n) is 5.71. The first-order valence-electron chi connectivity index (χ1n) is 10.8. The highest BCUT2D eigenvalue weighted by Crippen LogP contribution is 2.31. The van der Waals surface area contributed by atoms with Gasteiger partial charge < -0.3 is 0 Å². The summed E-state index contributed by atoms with van der Waals surface area (Å²) in [4.78, 5) is 19.1. The van der Waals surface area contributed by atoms with Gasteiger partial charge in [0.2, 0.25) is 0 Å². The van der Waals surface area contributed by atoms with E-state index in [0.29, 0.717) is 5.92 Å². The summed E-state index contributed by atoms with van der Waals surface area (Å²) in [5.74, 6) is 2.85. The predicted molar refractivity (Wildman–Crippen MR) is 118 cm³/mol. The lowest BCUT2D eigenvalue weighted by atomic mass is 9.94. The average molecular weight is 407 g/mol. The zero-order valence-electron chi connectivity index (χ0n) is 18.6. The van der Waals surface area contributed by atoms with E-state index in [-0.39, 0.29) is 17.8 Å². The molecule has 2 N–H and O–H groups in total. The smallest absolute Gasteiger partial charge is 0.159 e. The van der Waals surface area contributed by atoms with Crippen LogP contribution in [0.3, 0.4) is 0 Å². The molecule has 4 rings (SSSR count). The summed E-state index contributed by atoms with van der Waals surface area (Å²) in [6.07, 6.45) is 5.54. The molecule has 0 fully saturated rings. The maximum atomic E-state index is 4.89. The van der Waals surface area contributed by atoms with Crippen molar-refractivity contribution < 1.29 is 0 Å². The number of aromatic nitrogens is 8. The van der Waals surface area contributed by atoms with Gasteiger partial charge in [0.05, 0.1) is 29.2 Å². The molecule has 0 aliphatic heterocycles. The van der Waals surface area contributed by atoms with Gasteiger partial charge in [-0.05, 0) is 18.8 Å². The Balaban J connectivity index is 1.56. The summed E-state index contributed by atoms with van der Waals surface area (Å²) in [5.41, 5.74) is 4.75. The SMILES string of the molecule is CC(C)c1nc(C(C)CCC(C)c2nc(C(C)C)c3cn[nH]c3n2)c2[nH]ncc2n1. The molecule has 4 aromatic heterocycles. The second-order valence-corrected chi connectivity index (χ2v) is 8.89. The topological polar surface area (TPSA) is 109 Å². The lowest BCUT2D eigenvalue weighted by Gasteiger charge is -2.17. The van der Waals surface area contributed by atoms with Gasteiger partial charge in [-0.2, -0.15) is 10.2 Å². The van der Waals surface area contributed by atoms with E-state index in [1.165, 1.54) is 0 Å². The van der Waals surface area contributed by atoms with E-state index in [9.17, 15) is 0 Å². The van der Waals surface area contributed by atoms with Gasteiger partial charge in [0.1, 0.15) is 22.7 Å². The highest BCUT2D eigenvalue weighted by Gasteiger charge is 2.20. The van der Waals surface area contributed by atoms with Gasteiger partial charge in [0.15, 0.2) is 5.65 Å². The summed E-state index contributed by atoms with van der Waals surface area (Å²) >= 11 is 0. The van der Waals surface area contributed by atoms with Crippen LogP contribution in [0.5, 0.6) is 0 Å². The normalized spacial score (nSPS) is 14.3. The Kier molecular flexibility index (Phi) is 5.49. The minimum Gasteiger partial charge on any atom is -0.274 e. The van der Waals surface area contributed by atoms with E-state index in [2.05, 4.69) is 66.9 Å². The molecular weight excluding hydrogens is 376 g/mol. The fourth-order valence-electron chi connectivity index (χ4n) is 3.80. The molecule has 0 saturated heterocycles. The average Bonchev–Trinajstić information content (AvgIpc) is 3.38. The van der Waals surface area contributed by atoms with Crippen LogP contribution in [-0.4, -0.2) is 40.3 Å². The Bertz CT molecular complexity index is 1160. The minimum atomic E-state index is 0.237. The van der Waals surface area contributed by atoms with Crippen molar-refractivity contribution in [3.8, 4) is 0 Å². The molecule has 0 aliphatic rings. The van der Waals surface area contributed by atoms with Crippen LogP contribution in [0.1, 0.15) is 101 Å². The fraction of sp³-hybridized carbons (Fsp3) is 0.545. The van der Waals surface area contributed by atoms with E-state index in [1.54, 1.807) is 6.20 Å². The molecule has 8 heteroatoms. The third kappa shape index (κ3) is 3.78. The van der Waals surface area contributed by atoms with E-state index < -0.39 is 0 Å². The van der Waals surface area contributed by atoms with Gasteiger partial charge in [-0.3, -0.25) is 10.2 Å². The Hall–Kier alpha value is -2.90. The molecule has 0 radical (unpaired) electrons. The van der Waals surface area contributed by atoms with Gasteiger partial charge in [0, 0.05) is 17.8 Å². The molecule has 0 bridgehead atoms. The van der Waals surface area contributed by atoms with E-state index in [1.807, 2.05) is 6.20 Å². The van der Waals surface area contributed by atoms with Crippen LogP contribution in [-0.2, 0) is 0 Å². The van der Waals surface area contributed by atoms with Gasteiger partial charge in [0.25, 0.3) is 0 Å². The van der Waals surface area contributed by atoms with Crippen LogP contribution in [0.25, 0.3) is 22.1 Å². The molecule has 4 heterocycles. The van der Waals surface area contributed by atoms with E-state index in [0.717, 1.165) is 57.9 Å². The van der Waals surface area contributed by atoms with Gasteiger partial charge in [-0.1, -0.05) is 41.5 Å². The van der Waals surface area contributed by atoms with Gasteiger partial charge >= 0.3 is 0 Å². The summed E-state index contributed by atoms with van der Waals surface area (Å²) in [6.45, 7) is 13.0. The number of rotatable bonds is 7. The molecule has 0 aliphatic carbocycles. The molecule has 2 unspecified atom stereocenters. The minimum absolute atomic E-state index is 0.237. The molecule has 0 amide bonds. The maximum absolute atomic E-state index is 4.89. The number of hydrogen-bond donors (Lipinski definition) is 2. The lowest BCUT2D eigenvalue weighted by molar-refractivity contribution is 0.545. The standard InChI is InChI=1S/C22H30N8/c1-11(2)17-15-9-23-30-22(15)28-21(26-17)14(6)8-7-13(5)18-19-16(10-24-29-19)25-20(27-18)12(3)4/h9-14H,7-8H2,1-6H3,(H,24,29)(H,23,26,28,30). The molecular formula is C22H30N8. The largest absolute Gasteiger partial charge is 0.274 e. The molecule has 8 nitrogen and oxygen atoms in total. The third-order valence-corrected chi connectivity index (χ3v) is 5.71. The van der Waals surface area contributed by atoms with Crippen molar-refractivity contribution >= 4 is 22.1 Å². The van der Waals surface area contributed by atoms with Crippen molar-refractivity contribution in [2.45, 2.75) is 78.1 Å². The first-order valence-corrected chi connectivity index (χ1v) is 10.8. The number of nitrogens with one attached hydrogen (secondary N) is 2. The Labute approximate surface area is 176 Å². The Morgan fingerprint density at radius 3 is 2.13 bits per heavy atom. The van der Waals surface area contributed by atoms with Crippen LogP contribution in [0.4, 0.5) is 0 Å². The summed E-state index contributed by atoms with van der Waals surface area (Å²) < 4.78 is 0. The van der Waals surface area contributed by atoms with Crippen LogP contribution in [0, 0.1) is 0 Å². The molecule has 0 aromatic carbocycles.